The van der Waals surface area contributed by atoms with Crippen molar-refractivity contribution in [2.75, 3.05) is 13.9 Å². The Morgan fingerprint density at radius 1 is 1.35 bits per heavy atom. The van der Waals surface area contributed by atoms with Gasteiger partial charge in [-0.1, -0.05) is 0 Å². The zero-order valence-corrected chi connectivity index (χ0v) is 9.06. The molecule has 0 spiro atoms. The van der Waals surface area contributed by atoms with Crippen LogP contribution < -0.4 is 14.2 Å². The molecule has 1 aliphatic rings. The summed E-state index contributed by atoms with van der Waals surface area (Å²) in [6.45, 7) is 0.141. The molecule has 17 heavy (non-hydrogen) atoms. The third-order valence-electron chi connectivity index (χ3n) is 2.23. The van der Waals surface area contributed by atoms with E-state index < -0.39 is 0 Å². The molecule has 0 fully saturated rings. The maximum Gasteiger partial charge on any atom is 0.231 e. The van der Waals surface area contributed by atoms with Crippen molar-refractivity contribution in [1.29, 1.82) is 10.5 Å². The number of hydrogen-bond acceptors (Lipinski definition) is 5. The smallest absolute Gasteiger partial charge is 0.231 e. The highest BCUT2D eigenvalue weighted by Crippen LogP contribution is 2.42. The van der Waals surface area contributed by atoms with Gasteiger partial charge in [0.1, 0.15) is 17.7 Å². The van der Waals surface area contributed by atoms with Crippen LogP contribution in [0.5, 0.6) is 17.2 Å². The average molecular weight is 228 g/mol. The van der Waals surface area contributed by atoms with Crippen LogP contribution in [0.3, 0.4) is 0 Å². The van der Waals surface area contributed by atoms with Gasteiger partial charge in [-0.25, -0.2) is 0 Å². The Labute approximate surface area is 98.1 Å². The van der Waals surface area contributed by atoms with E-state index in [1.165, 1.54) is 13.2 Å². The summed E-state index contributed by atoms with van der Waals surface area (Å²) >= 11 is 0. The van der Waals surface area contributed by atoms with Crippen LogP contribution in [0.1, 0.15) is 5.56 Å². The molecule has 5 heteroatoms. The summed E-state index contributed by atoms with van der Waals surface area (Å²) in [6, 6.07) is 6.96. The lowest BCUT2D eigenvalue weighted by Gasteiger charge is -2.05. The maximum atomic E-state index is 8.68. The van der Waals surface area contributed by atoms with Gasteiger partial charge in [-0.3, -0.25) is 0 Å². The van der Waals surface area contributed by atoms with Gasteiger partial charge >= 0.3 is 0 Å². The van der Waals surface area contributed by atoms with E-state index in [0.29, 0.717) is 22.8 Å². The minimum absolute atomic E-state index is 0.0194. The number of nitriles is 2. The van der Waals surface area contributed by atoms with Crippen molar-refractivity contribution < 1.29 is 14.2 Å². The van der Waals surface area contributed by atoms with Crippen molar-refractivity contribution in [3.63, 3.8) is 0 Å². The fourth-order valence-electron chi connectivity index (χ4n) is 1.49. The summed E-state index contributed by atoms with van der Waals surface area (Å²) in [5, 5.41) is 17.4. The summed E-state index contributed by atoms with van der Waals surface area (Å²) in [5.41, 5.74) is 0.676. The lowest BCUT2D eigenvalue weighted by Crippen LogP contribution is -1.93. The highest BCUT2D eigenvalue weighted by Gasteiger charge is 2.19. The van der Waals surface area contributed by atoms with Gasteiger partial charge in [-0.05, 0) is 23.8 Å². The topological polar surface area (TPSA) is 75.3 Å². The van der Waals surface area contributed by atoms with E-state index >= 15 is 0 Å². The monoisotopic (exact) mass is 228 g/mol. The molecule has 0 unspecified atom stereocenters. The Bertz CT molecular complexity index is 548. The number of ether oxygens (including phenoxy) is 3. The molecular weight excluding hydrogens is 220 g/mol. The van der Waals surface area contributed by atoms with Crippen molar-refractivity contribution in [3.8, 4) is 29.4 Å². The highest BCUT2D eigenvalue weighted by molar-refractivity contribution is 5.67. The van der Waals surface area contributed by atoms with Gasteiger partial charge in [0.15, 0.2) is 11.5 Å². The van der Waals surface area contributed by atoms with Gasteiger partial charge in [0.2, 0.25) is 12.5 Å². The number of fused-ring (bicyclic) bond motifs is 1. The number of hydrogen-bond donors (Lipinski definition) is 0. The van der Waals surface area contributed by atoms with E-state index in [2.05, 4.69) is 0 Å². The van der Waals surface area contributed by atoms with Crippen LogP contribution in [0, 0.1) is 22.7 Å². The Morgan fingerprint density at radius 2 is 2.12 bits per heavy atom. The van der Waals surface area contributed by atoms with Gasteiger partial charge in [0, 0.05) is 0 Å². The fourth-order valence-corrected chi connectivity index (χ4v) is 1.49. The molecule has 0 saturated heterocycles. The fraction of sp³-hybridized carbons (Fsp3) is 0.167. The second kappa shape index (κ2) is 4.46. The first kappa shape index (κ1) is 10.8. The molecule has 2 rings (SSSR count). The molecular formula is C12H8N2O3. The minimum Gasteiger partial charge on any atom is -0.493 e. The van der Waals surface area contributed by atoms with Gasteiger partial charge < -0.3 is 14.2 Å². The predicted molar refractivity (Wildman–Crippen MR) is 58.3 cm³/mol. The normalized spacial score (nSPS) is 11.2. The molecule has 1 heterocycles. The standard InChI is InChI=1S/C12H8N2O3/c1-15-10-3-8(2-9(5-13)6-14)4-11-12(10)17-7-16-11/h2-4H,7H2,1H3. The molecule has 1 aromatic rings. The van der Waals surface area contributed by atoms with Crippen molar-refractivity contribution in [2.45, 2.75) is 0 Å². The zero-order chi connectivity index (χ0) is 12.3. The van der Waals surface area contributed by atoms with Crippen molar-refractivity contribution in [2.24, 2.45) is 0 Å². The highest BCUT2D eigenvalue weighted by atomic mass is 16.7. The molecule has 5 nitrogen and oxygen atoms in total. The number of benzene rings is 1. The van der Waals surface area contributed by atoms with Crippen molar-refractivity contribution >= 4 is 6.08 Å². The number of allylic oxidation sites excluding steroid dienone is 1. The van der Waals surface area contributed by atoms with E-state index in [1.54, 1.807) is 24.3 Å². The zero-order valence-electron chi connectivity index (χ0n) is 9.06. The van der Waals surface area contributed by atoms with E-state index in [9.17, 15) is 0 Å². The summed E-state index contributed by atoms with van der Waals surface area (Å²) in [6.07, 6.45) is 1.46. The van der Waals surface area contributed by atoms with Crippen LogP contribution in [0.2, 0.25) is 0 Å². The Morgan fingerprint density at radius 3 is 2.76 bits per heavy atom. The summed E-state index contributed by atoms with van der Waals surface area (Å²) in [4.78, 5) is 0. The second-order valence-corrected chi connectivity index (χ2v) is 3.24. The Hall–Kier alpha value is -2.66. The molecule has 1 aliphatic heterocycles. The summed E-state index contributed by atoms with van der Waals surface area (Å²) < 4.78 is 15.6. The maximum absolute atomic E-state index is 8.68. The van der Waals surface area contributed by atoms with Gasteiger partial charge in [0.25, 0.3) is 0 Å². The van der Waals surface area contributed by atoms with Crippen molar-refractivity contribution in [3.05, 3.63) is 23.3 Å². The Balaban J connectivity index is 2.49. The quantitative estimate of drug-likeness (QED) is 0.722. The van der Waals surface area contributed by atoms with E-state index in [4.69, 9.17) is 24.7 Å². The molecule has 0 N–H and O–H groups in total. The van der Waals surface area contributed by atoms with Crippen LogP contribution in [-0.4, -0.2) is 13.9 Å². The number of nitrogens with zero attached hydrogens (tertiary/aromatic N) is 2. The molecule has 0 amide bonds. The van der Waals surface area contributed by atoms with Crippen LogP contribution in [-0.2, 0) is 0 Å². The van der Waals surface area contributed by atoms with Crippen LogP contribution >= 0.6 is 0 Å². The molecule has 0 bridgehead atoms. The molecule has 84 valence electrons. The first-order chi connectivity index (χ1) is 8.28. The van der Waals surface area contributed by atoms with Crippen molar-refractivity contribution in [1.82, 2.24) is 0 Å². The molecule has 0 saturated carbocycles. The van der Waals surface area contributed by atoms with E-state index in [-0.39, 0.29) is 12.4 Å². The van der Waals surface area contributed by atoms with Gasteiger partial charge in [0.05, 0.1) is 7.11 Å². The van der Waals surface area contributed by atoms with E-state index in [1.807, 2.05) is 0 Å². The molecule has 1 aromatic carbocycles. The average Bonchev–Trinajstić information content (AvgIpc) is 2.82. The number of rotatable bonds is 2. The van der Waals surface area contributed by atoms with Crippen LogP contribution in [0.15, 0.2) is 17.7 Å². The molecule has 0 aliphatic carbocycles. The lowest BCUT2D eigenvalue weighted by molar-refractivity contribution is 0.171. The summed E-state index contributed by atoms with van der Waals surface area (Å²) in [5.74, 6) is 1.60. The molecule has 0 aromatic heterocycles. The largest absolute Gasteiger partial charge is 0.493 e. The third kappa shape index (κ3) is 1.99. The number of methoxy groups -OCH3 is 1. The molecule has 0 radical (unpaired) electrons. The van der Waals surface area contributed by atoms with E-state index in [0.717, 1.165) is 0 Å². The first-order valence-electron chi connectivity index (χ1n) is 4.78. The van der Waals surface area contributed by atoms with Crippen LogP contribution in [0.4, 0.5) is 0 Å². The minimum atomic E-state index is 0.0194. The lowest BCUT2D eigenvalue weighted by atomic mass is 10.1. The first-order valence-corrected chi connectivity index (χ1v) is 4.78. The summed E-state index contributed by atoms with van der Waals surface area (Å²) in [7, 11) is 1.51. The third-order valence-corrected chi connectivity index (χ3v) is 2.23. The molecule has 0 atom stereocenters. The second-order valence-electron chi connectivity index (χ2n) is 3.24. The predicted octanol–water partition coefficient (Wildman–Crippen LogP) is 1.85. The Kier molecular flexibility index (Phi) is 2.85. The van der Waals surface area contributed by atoms with Crippen LogP contribution in [0.25, 0.3) is 6.08 Å². The van der Waals surface area contributed by atoms with Gasteiger partial charge in [-0.2, -0.15) is 10.5 Å². The SMILES string of the molecule is COc1cc(C=C(C#N)C#N)cc2c1OCO2. The van der Waals surface area contributed by atoms with Gasteiger partial charge in [-0.15, -0.1) is 0 Å².